The van der Waals surface area contributed by atoms with E-state index >= 15 is 0 Å². The van der Waals surface area contributed by atoms with Crippen LogP contribution in [0.15, 0.2) is 12.5 Å². The summed E-state index contributed by atoms with van der Waals surface area (Å²) in [7, 11) is 0. The lowest BCUT2D eigenvalue weighted by Crippen LogP contribution is -2.09. The van der Waals surface area contributed by atoms with Gasteiger partial charge >= 0.3 is 0 Å². The van der Waals surface area contributed by atoms with Crippen LogP contribution < -0.4 is 0 Å². The number of imidazole rings is 1. The zero-order valence-electron chi connectivity index (χ0n) is 9.06. The quantitative estimate of drug-likeness (QED) is 0.710. The lowest BCUT2D eigenvalue weighted by molar-refractivity contribution is 0.111. The van der Waals surface area contributed by atoms with Crippen molar-refractivity contribution in [1.82, 2.24) is 9.55 Å². The van der Waals surface area contributed by atoms with E-state index in [4.69, 9.17) is 0 Å². The van der Waals surface area contributed by atoms with Gasteiger partial charge in [0.2, 0.25) is 0 Å². The molecule has 2 rings (SSSR count). The Hall–Kier alpha value is -1.12. The average Bonchev–Trinajstić information content (AvgIpc) is 2.76. The van der Waals surface area contributed by atoms with Gasteiger partial charge in [-0.3, -0.25) is 4.79 Å². The van der Waals surface area contributed by atoms with Crippen LogP contribution >= 0.6 is 0 Å². The van der Waals surface area contributed by atoms with Gasteiger partial charge in [0.05, 0.1) is 6.33 Å². The summed E-state index contributed by atoms with van der Waals surface area (Å²) in [4.78, 5) is 14.4. The lowest BCUT2D eigenvalue weighted by atomic mass is 9.87. The highest BCUT2D eigenvalue weighted by molar-refractivity contribution is 5.70. The van der Waals surface area contributed by atoms with Gasteiger partial charge in [-0.2, -0.15) is 0 Å². The molecule has 0 N–H and O–H groups in total. The van der Waals surface area contributed by atoms with Gasteiger partial charge in [0.1, 0.15) is 5.69 Å². The molecule has 1 heterocycles. The molecule has 3 nitrogen and oxygen atoms in total. The van der Waals surface area contributed by atoms with E-state index in [-0.39, 0.29) is 0 Å². The van der Waals surface area contributed by atoms with Crippen molar-refractivity contribution in [1.29, 1.82) is 0 Å². The number of hydrogen-bond donors (Lipinski definition) is 0. The first kappa shape index (κ1) is 10.4. The summed E-state index contributed by atoms with van der Waals surface area (Å²) in [6.07, 6.45) is 12.6. The highest BCUT2D eigenvalue weighted by Crippen LogP contribution is 2.26. The van der Waals surface area contributed by atoms with Gasteiger partial charge in [-0.25, -0.2) is 4.98 Å². The Bertz CT molecular complexity index is 313. The number of carbonyl (C=O) groups excluding carboxylic acids is 1. The molecular formula is C12H18N2O. The minimum absolute atomic E-state index is 0.540. The summed E-state index contributed by atoms with van der Waals surface area (Å²) in [5.74, 6) is 0.890. The summed E-state index contributed by atoms with van der Waals surface area (Å²) in [5.41, 5.74) is 0.540. The van der Waals surface area contributed by atoms with Gasteiger partial charge in [0.25, 0.3) is 0 Å². The molecule has 1 aromatic rings. The summed E-state index contributed by atoms with van der Waals surface area (Å²) >= 11 is 0. The molecule has 1 aliphatic rings. The first-order chi connectivity index (χ1) is 7.38. The first-order valence-corrected chi connectivity index (χ1v) is 5.85. The Balaban J connectivity index is 1.79. The molecule has 0 amide bonds. The Labute approximate surface area is 90.5 Å². The number of aldehydes is 1. The maximum atomic E-state index is 10.4. The SMILES string of the molecule is O=Cc1cn(CCC2CCCCC2)cn1. The maximum absolute atomic E-state index is 10.4. The van der Waals surface area contributed by atoms with E-state index in [1.165, 1.54) is 38.5 Å². The Morgan fingerprint density at radius 3 is 2.87 bits per heavy atom. The standard InChI is InChI=1S/C12H18N2O/c15-9-12-8-14(10-13-12)7-6-11-4-2-1-3-5-11/h8-11H,1-7H2. The van der Waals surface area contributed by atoms with Crippen molar-refractivity contribution in [2.24, 2.45) is 5.92 Å². The normalized spacial score (nSPS) is 17.9. The number of aryl methyl sites for hydroxylation is 1. The lowest BCUT2D eigenvalue weighted by Gasteiger charge is -2.21. The molecule has 0 aliphatic heterocycles. The predicted molar refractivity (Wildman–Crippen MR) is 58.8 cm³/mol. The minimum Gasteiger partial charge on any atom is -0.337 e. The molecular weight excluding hydrogens is 188 g/mol. The molecule has 0 spiro atoms. The number of hydrogen-bond acceptors (Lipinski definition) is 2. The van der Waals surface area contributed by atoms with Crippen molar-refractivity contribution in [2.75, 3.05) is 0 Å². The van der Waals surface area contributed by atoms with E-state index in [2.05, 4.69) is 4.98 Å². The van der Waals surface area contributed by atoms with E-state index in [9.17, 15) is 4.79 Å². The minimum atomic E-state index is 0.540. The van der Waals surface area contributed by atoms with E-state index < -0.39 is 0 Å². The first-order valence-electron chi connectivity index (χ1n) is 5.85. The van der Waals surface area contributed by atoms with Crippen LogP contribution in [0.1, 0.15) is 49.0 Å². The fraction of sp³-hybridized carbons (Fsp3) is 0.667. The van der Waals surface area contributed by atoms with Gasteiger partial charge in [0, 0.05) is 12.7 Å². The van der Waals surface area contributed by atoms with Crippen LogP contribution in [0.25, 0.3) is 0 Å². The molecule has 1 aromatic heterocycles. The summed E-state index contributed by atoms with van der Waals surface area (Å²) in [6, 6.07) is 0. The van der Waals surface area contributed by atoms with Gasteiger partial charge in [0.15, 0.2) is 6.29 Å². The van der Waals surface area contributed by atoms with E-state index in [0.717, 1.165) is 18.7 Å². The molecule has 1 saturated carbocycles. The van der Waals surface area contributed by atoms with Crippen LogP contribution in [0.5, 0.6) is 0 Å². The third kappa shape index (κ3) is 2.91. The Kier molecular flexibility index (Phi) is 3.54. The van der Waals surface area contributed by atoms with Gasteiger partial charge < -0.3 is 4.57 Å². The second-order valence-electron chi connectivity index (χ2n) is 4.45. The Morgan fingerprint density at radius 2 is 2.20 bits per heavy atom. The molecule has 3 heteroatoms. The number of carbonyl (C=O) groups is 1. The van der Waals surface area contributed by atoms with Gasteiger partial charge in [-0.1, -0.05) is 32.1 Å². The van der Waals surface area contributed by atoms with Crippen LogP contribution in [0.3, 0.4) is 0 Å². The molecule has 0 aromatic carbocycles. The maximum Gasteiger partial charge on any atom is 0.169 e. The fourth-order valence-corrected chi connectivity index (χ4v) is 2.37. The van der Waals surface area contributed by atoms with Crippen molar-refractivity contribution in [2.45, 2.75) is 45.1 Å². The molecule has 1 aliphatic carbocycles. The Morgan fingerprint density at radius 1 is 1.40 bits per heavy atom. The fourth-order valence-electron chi connectivity index (χ4n) is 2.37. The van der Waals surface area contributed by atoms with Crippen molar-refractivity contribution in [3.05, 3.63) is 18.2 Å². The third-order valence-corrected chi connectivity index (χ3v) is 3.29. The molecule has 0 saturated heterocycles. The number of rotatable bonds is 4. The smallest absolute Gasteiger partial charge is 0.169 e. The summed E-state index contributed by atoms with van der Waals surface area (Å²) < 4.78 is 2.03. The van der Waals surface area contributed by atoms with Crippen LogP contribution in [0, 0.1) is 5.92 Å². The predicted octanol–water partition coefficient (Wildman–Crippen LogP) is 2.67. The van der Waals surface area contributed by atoms with Gasteiger partial charge in [-0.05, 0) is 12.3 Å². The van der Waals surface area contributed by atoms with Crippen LogP contribution in [-0.2, 0) is 6.54 Å². The van der Waals surface area contributed by atoms with Crippen LogP contribution in [0.4, 0.5) is 0 Å². The summed E-state index contributed by atoms with van der Waals surface area (Å²) in [6.45, 7) is 1.01. The van der Waals surface area contributed by atoms with E-state index in [1.54, 1.807) is 6.33 Å². The van der Waals surface area contributed by atoms with Crippen LogP contribution in [0.2, 0.25) is 0 Å². The molecule has 0 unspecified atom stereocenters. The highest BCUT2D eigenvalue weighted by Gasteiger charge is 2.12. The second-order valence-corrected chi connectivity index (χ2v) is 4.45. The molecule has 0 radical (unpaired) electrons. The monoisotopic (exact) mass is 206 g/mol. The van der Waals surface area contributed by atoms with Crippen molar-refractivity contribution < 1.29 is 4.79 Å². The molecule has 15 heavy (non-hydrogen) atoms. The van der Waals surface area contributed by atoms with Crippen molar-refractivity contribution in [3.63, 3.8) is 0 Å². The second kappa shape index (κ2) is 5.10. The van der Waals surface area contributed by atoms with Crippen LogP contribution in [-0.4, -0.2) is 15.8 Å². The number of aromatic nitrogens is 2. The molecule has 82 valence electrons. The zero-order chi connectivity index (χ0) is 10.5. The molecule has 0 atom stereocenters. The van der Waals surface area contributed by atoms with E-state index in [1.807, 2.05) is 10.8 Å². The number of nitrogens with zero attached hydrogens (tertiary/aromatic N) is 2. The highest BCUT2D eigenvalue weighted by atomic mass is 16.1. The van der Waals surface area contributed by atoms with Crippen molar-refractivity contribution >= 4 is 6.29 Å². The zero-order valence-corrected chi connectivity index (χ0v) is 9.06. The van der Waals surface area contributed by atoms with Gasteiger partial charge in [-0.15, -0.1) is 0 Å². The molecule has 1 fully saturated rings. The molecule has 0 bridgehead atoms. The van der Waals surface area contributed by atoms with E-state index in [0.29, 0.717) is 5.69 Å². The third-order valence-electron chi connectivity index (χ3n) is 3.29. The topological polar surface area (TPSA) is 34.9 Å². The van der Waals surface area contributed by atoms with Crippen molar-refractivity contribution in [3.8, 4) is 0 Å². The summed E-state index contributed by atoms with van der Waals surface area (Å²) in [5, 5.41) is 0. The average molecular weight is 206 g/mol. The largest absolute Gasteiger partial charge is 0.337 e.